The van der Waals surface area contributed by atoms with Crippen molar-refractivity contribution in [1.29, 1.82) is 5.26 Å². The van der Waals surface area contributed by atoms with Gasteiger partial charge in [0.2, 0.25) is 0 Å². The molecule has 84 valence electrons. The number of hydrogen-bond donors (Lipinski definition) is 0. The second kappa shape index (κ2) is 5.62. The van der Waals surface area contributed by atoms with Gasteiger partial charge in [0.25, 0.3) is 0 Å². The molecular weight excluding hydrogens is 198 g/mol. The van der Waals surface area contributed by atoms with E-state index in [0.717, 1.165) is 13.1 Å². The maximum atomic E-state index is 8.82. The quantitative estimate of drug-likeness (QED) is 0.777. The van der Waals surface area contributed by atoms with Gasteiger partial charge in [0.1, 0.15) is 0 Å². The zero-order valence-electron chi connectivity index (χ0n) is 9.47. The van der Waals surface area contributed by atoms with Gasteiger partial charge in [-0.2, -0.15) is 5.26 Å². The van der Waals surface area contributed by atoms with Gasteiger partial charge in [-0.05, 0) is 37.1 Å². The maximum Gasteiger partial charge on any atom is 0.0638 e. The summed E-state index contributed by atoms with van der Waals surface area (Å²) in [7, 11) is 0. The monoisotopic (exact) mass is 215 g/mol. The number of nitriles is 1. The van der Waals surface area contributed by atoms with Gasteiger partial charge in [-0.25, -0.2) is 0 Å². The molecule has 1 unspecified atom stereocenters. The van der Waals surface area contributed by atoms with E-state index in [1.165, 1.54) is 24.8 Å². The third-order valence-corrected chi connectivity index (χ3v) is 3.21. The number of piperidine rings is 1. The molecular formula is C13H17N3. The van der Waals surface area contributed by atoms with Gasteiger partial charge < -0.3 is 0 Å². The molecule has 1 saturated heterocycles. The smallest absolute Gasteiger partial charge is 0.0638 e. The third kappa shape index (κ3) is 2.80. The molecule has 0 spiro atoms. The summed E-state index contributed by atoms with van der Waals surface area (Å²) in [6, 6.07) is 6.86. The van der Waals surface area contributed by atoms with Crippen molar-refractivity contribution < 1.29 is 0 Å². The molecule has 3 heteroatoms. The first-order chi connectivity index (χ1) is 7.90. The summed E-state index contributed by atoms with van der Waals surface area (Å²) >= 11 is 0. The maximum absolute atomic E-state index is 8.82. The second-order valence-electron chi connectivity index (χ2n) is 4.34. The highest BCUT2D eigenvalue weighted by Gasteiger charge is 2.21. The molecule has 2 rings (SSSR count). The Hall–Kier alpha value is -1.40. The number of nitrogens with zero attached hydrogens (tertiary/aromatic N) is 3. The standard InChI is InChI=1S/C13H17N3/c14-7-4-13-3-1-2-10-16(13)11-12-5-8-15-9-6-12/h5-6,8-9,13H,1-4,10-11H2. The van der Waals surface area contributed by atoms with Crippen LogP contribution in [0.4, 0.5) is 0 Å². The van der Waals surface area contributed by atoms with Crippen molar-refractivity contribution >= 4 is 0 Å². The second-order valence-corrected chi connectivity index (χ2v) is 4.34. The van der Waals surface area contributed by atoms with Crippen LogP contribution in [-0.2, 0) is 6.54 Å². The summed E-state index contributed by atoms with van der Waals surface area (Å²) in [5.74, 6) is 0. The Morgan fingerprint density at radius 1 is 1.38 bits per heavy atom. The van der Waals surface area contributed by atoms with Crippen molar-refractivity contribution in [2.45, 2.75) is 38.3 Å². The van der Waals surface area contributed by atoms with E-state index in [1.54, 1.807) is 0 Å². The van der Waals surface area contributed by atoms with Gasteiger partial charge in [0, 0.05) is 25.0 Å². The molecule has 1 aliphatic rings. The molecule has 0 aliphatic carbocycles. The van der Waals surface area contributed by atoms with E-state index >= 15 is 0 Å². The molecule has 0 amide bonds. The summed E-state index contributed by atoms with van der Waals surface area (Å²) in [4.78, 5) is 6.46. The highest BCUT2D eigenvalue weighted by molar-refractivity contribution is 5.10. The van der Waals surface area contributed by atoms with Crippen molar-refractivity contribution in [3.63, 3.8) is 0 Å². The first kappa shape index (κ1) is 11.1. The van der Waals surface area contributed by atoms with Crippen molar-refractivity contribution in [1.82, 2.24) is 9.88 Å². The van der Waals surface area contributed by atoms with Crippen molar-refractivity contribution in [2.75, 3.05) is 6.54 Å². The average Bonchev–Trinajstić information content (AvgIpc) is 2.33. The highest BCUT2D eigenvalue weighted by atomic mass is 15.2. The fraction of sp³-hybridized carbons (Fsp3) is 0.538. The molecule has 0 N–H and O–H groups in total. The minimum Gasteiger partial charge on any atom is -0.295 e. The molecule has 1 fully saturated rings. The van der Waals surface area contributed by atoms with E-state index in [-0.39, 0.29) is 0 Å². The van der Waals surface area contributed by atoms with E-state index in [9.17, 15) is 0 Å². The normalized spacial score (nSPS) is 21.6. The molecule has 16 heavy (non-hydrogen) atoms. The number of pyridine rings is 1. The molecule has 2 heterocycles. The minimum absolute atomic E-state index is 0.451. The fourth-order valence-corrected chi connectivity index (χ4v) is 2.33. The summed E-state index contributed by atoms with van der Waals surface area (Å²) in [6.07, 6.45) is 8.01. The zero-order chi connectivity index (χ0) is 11.2. The lowest BCUT2D eigenvalue weighted by Crippen LogP contribution is -2.38. The van der Waals surface area contributed by atoms with E-state index < -0.39 is 0 Å². The van der Waals surface area contributed by atoms with Gasteiger partial charge in [-0.1, -0.05) is 6.42 Å². The number of likely N-dealkylation sites (tertiary alicyclic amines) is 1. The molecule has 1 aliphatic heterocycles. The Morgan fingerprint density at radius 3 is 2.94 bits per heavy atom. The van der Waals surface area contributed by atoms with Gasteiger partial charge in [-0.3, -0.25) is 9.88 Å². The molecule has 0 saturated carbocycles. The minimum atomic E-state index is 0.451. The lowest BCUT2D eigenvalue weighted by molar-refractivity contribution is 0.142. The summed E-state index contributed by atoms with van der Waals surface area (Å²) < 4.78 is 0. The Bertz CT molecular complexity index is 355. The lowest BCUT2D eigenvalue weighted by Gasteiger charge is -2.34. The van der Waals surface area contributed by atoms with Gasteiger partial charge >= 0.3 is 0 Å². The first-order valence-electron chi connectivity index (χ1n) is 5.90. The Morgan fingerprint density at radius 2 is 2.19 bits per heavy atom. The van der Waals surface area contributed by atoms with E-state index in [1.807, 2.05) is 12.4 Å². The molecule has 3 nitrogen and oxygen atoms in total. The van der Waals surface area contributed by atoms with Crippen molar-refractivity contribution in [3.8, 4) is 6.07 Å². The highest BCUT2D eigenvalue weighted by Crippen LogP contribution is 2.21. The fourth-order valence-electron chi connectivity index (χ4n) is 2.33. The zero-order valence-corrected chi connectivity index (χ0v) is 9.47. The lowest BCUT2D eigenvalue weighted by atomic mass is 9.99. The number of hydrogen-bond acceptors (Lipinski definition) is 3. The number of rotatable bonds is 3. The summed E-state index contributed by atoms with van der Waals surface area (Å²) in [6.45, 7) is 2.07. The predicted octanol–water partition coefficient (Wildman–Crippen LogP) is 2.35. The van der Waals surface area contributed by atoms with Crippen LogP contribution in [-0.4, -0.2) is 22.5 Å². The first-order valence-corrected chi connectivity index (χ1v) is 5.90. The SMILES string of the molecule is N#CCC1CCCCN1Cc1ccncc1. The molecule has 1 aromatic heterocycles. The Balaban J connectivity index is 1.99. The molecule has 0 radical (unpaired) electrons. The van der Waals surface area contributed by atoms with Crippen molar-refractivity contribution in [2.24, 2.45) is 0 Å². The topological polar surface area (TPSA) is 39.9 Å². The van der Waals surface area contributed by atoms with Crippen LogP contribution >= 0.6 is 0 Å². The predicted molar refractivity (Wildman–Crippen MR) is 62.5 cm³/mol. The van der Waals surface area contributed by atoms with Gasteiger partial charge in [0.15, 0.2) is 0 Å². The van der Waals surface area contributed by atoms with Crippen LogP contribution in [0.5, 0.6) is 0 Å². The molecule has 0 bridgehead atoms. The van der Waals surface area contributed by atoms with Crippen LogP contribution < -0.4 is 0 Å². The van der Waals surface area contributed by atoms with Crippen LogP contribution in [0.1, 0.15) is 31.2 Å². The van der Waals surface area contributed by atoms with Crippen LogP contribution in [0.15, 0.2) is 24.5 Å². The number of aromatic nitrogens is 1. The van der Waals surface area contributed by atoms with E-state index in [4.69, 9.17) is 5.26 Å². The van der Waals surface area contributed by atoms with Gasteiger partial charge in [0.05, 0.1) is 12.5 Å². The third-order valence-electron chi connectivity index (χ3n) is 3.21. The van der Waals surface area contributed by atoms with Crippen LogP contribution in [0, 0.1) is 11.3 Å². The Labute approximate surface area is 96.7 Å². The van der Waals surface area contributed by atoms with Gasteiger partial charge in [-0.15, -0.1) is 0 Å². The summed E-state index contributed by atoms with van der Waals surface area (Å²) in [5.41, 5.74) is 1.29. The Kier molecular flexibility index (Phi) is 3.90. The van der Waals surface area contributed by atoms with Crippen LogP contribution in [0.25, 0.3) is 0 Å². The summed E-state index contributed by atoms with van der Waals surface area (Å²) in [5, 5.41) is 8.82. The van der Waals surface area contributed by atoms with Crippen LogP contribution in [0.2, 0.25) is 0 Å². The van der Waals surface area contributed by atoms with E-state index in [0.29, 0.717) is 12.5 Å². The molecule has 1 aromatic rings. The molecule has 1 atom stereocenters. The van der Waals surface area contributed by atoms with E-state index in [2.05, 4.69) is 28.1 Å². The average molecular weight is 215 g/mol. The molecule has 0 aromatic carbocycles. The van der Waals surface area contributed by atoms with Crippen LogP contribution in [0.3, 0.4) is 0 Å². The largest absolute Gasteiger partial charge is 0.295 e. The van der Waals surface area contributed by atoms with Crippen molar-refractivity contribution in [3.05, 3.63) is 30.1 Å².